The van der Waals surface area contributed by atoms with Crippen LogP contribution in [0.4, 0.5) is 0 Å². The summed E-state index contributed by atoms with van der Waals surface area (Å²) >= 11 is 0. The van der Waals surface area contributed by atoms with E-state index in [4.69, 9.17) is 4.66 Å². The van der Waals surface area contributed by atoms with Gasteiger partial charge in [-0.05, 0) is 31.6 Å². The van der Waals surface area contributed by atoms with Gasteiger partial charge in [0.2, 0.25) is 0 Å². The van der Waals surface area contributed by atoms with E-state index in [0.29, 0.717) is 0 Å². The summed E-state index contributed by atoms with van der Waals surface area (Å²) in [6.07, 6.45) is 11.9. The van der Waals surface area contributed by atoms with E-state index in [1.54, 1.807) is 0 Å². The van der Waals surface area contributed by atoms with E-state index in [1.165, 1.54) is 5.56 Å². The van der Waals surface area contributed by atoms with Gasteiger partial charge in [0.15, 0.2) is 8.24 Å². The van der Waals surface area contributed by atoms with Crippen LogP contribution in [-0.2, 0) is 5.41 Å². The molecule has 0 saturated carbocycles. The van der Waals surface area contributed by atoms with Crippen molar-refractivity contribution in [2.45, 2.75) is 31.5 Å². The lowest BCUT2D eigenvalue weighted by Crippen LogP contribution is -2.29. The number of benzene rings is 1. The van der Waals surface area contributed by atoms with Gasteiger partial charge in [0.1, 0.15) is 0 Å². The fraction of sp³-hybridized carbons (Fsp3) is 0.312. The molecule has 0 fully saturated rings. The average Bonchev–Trinajstić information content (AvgIpc) is 2.38. The third-order valence-electron chi connectivity index (χ3n) is 3.09. The van der Waals surface area contributed by atoms with Gasteiger partial charge >= 0.3 is 0 Å². The lowest BCUT2D eigenvalue weighted by Gasteiger charge is -2.29. The second-order valence-corrected chi connectivity index (χ2v) is 10.4. The van der Waals surface area contributed by atoms with Gasteiger partial charge in [0.05, 0.1) is 5.41 Å². The van der Waals surface area contributed by atoms with Gasteiger partial charge in [-0.25, -0.2) is 0 Å². The molecule has 0 heterocycles. The van der Waals surface area contributed by atoms with Crippen molar-refractivity contribution >= 4 is 14.5 Å². The molecule has 1 aliphatic rings. The monoisotopic (exact) mass is 255 g/mol. The third kappa shape index (κ3) is 3.08. The minimum Gasteiger partial charge on any atom is -0.332 e. The SMILES string of the molecule is C[Si](C)(C)/N=C\C1(c2ccccc2)C=CC=CC1. The zero-order valence-corrected chi connectivity index (χ0v) is 12.4. The smallest absolute Gasteiger partial charge is 0.171 e. The minimum absolute atomic E-state index is 0.0453. The summed E-state index contributed by atoms with van der Waals surface area (Å²) in [5, 5.41) is 0. The summed E-state index contributed by atoms with van der Waals surface area (Å²) in [6, 6.07) is 10.7. The van der Waals surface area contributed by atoms with Crippen LogP contribution < -0.4 is 0 Å². The van der Waals surface area contributed by atoms with Gasteiger partial charge in [-0.2, -0.15) is 0 Å². The largest absolute Gasteiger partial charge is 0.332 e. The molecule has 1 atom stereocenters. The Morgan fingerprint density at radius 1 is 1.11 bits per heavy atom. The molecule has 18 heavy (non-hydrogen) atoms. The molecule has 0 amide bonds. The Bertz CT molecular complexity index is 480. The molecule has 2 heteroatoms. The quantitative estimate of drug-likeness (QED) is 0.562. The van der Waals surface area contributed by atoms with Crippen molar-refractivity contribution in [1.29, 1.82) is 0 Å². The second-order valence-electron chi connectivity index (χ2n) is 5.83. The number of rotatable bonds is 3. The van der Waals surface area contributed by atoms with Crippen LogP contribution in [0, 0.1) is 0 Å². The van der Waals surface area contributed by atoms with Crippen molar-refractivity contribution in [2.24, 2.45) is 4.66 Å². The van der Waals surface area contributed by atoms with E-state index in [-0.39, 0.29) is 5.41 Å². The molecule has 0 spiro atoms. The Labute approximate surface area is 111 Å². The first-order valence-electron chi connectivity index (χ1n) is 6.48. The van der Waals surface area contributed by atoms with Crippen LogP contribution in [0.15, 0.2) is 59.3 Å². The normalized spacial score (nSPS) is 23.7. The maximum absolute atomic E-state index is 4.86. The molecule has 0 radical (unpaired) electrons. The summed E-state index contributed by atoms with van der Waals surface area (Å²) in [7, 11) is -1.41. The summed E-state index contributed by atoms with van der Waals surface area (Å²) in [5.74, 6) is 0. The number of hydrogen-bond donors (Lipinski definition) is 0. The maximum atomic E-state index is 4.86. The van der Waals surface area contributed by atoms with Crippen molar-refractivity contribution in [3.05, 3.63) is 60.2 Å². The molecule has 1 nitrogen and oxygen atoms in total. The van der Waals surface area contributed by atoms with E-state index in [2.05, 4.69) is 80.5 Å². The molecule has 94 valence electrons. The zero-order chi connectivity index (χ0) is 13.1. The molecule has 0 aromatic heterocycles. The van der Waals surface area contributed by atoms with Gasteiger partial charge in [-0.15, -0.1) is 0 Å². The maximum Gasteiger partial charge on any atom is 0.171 e. The van der Waals surface area contributed by atoms with E-state index in [0.717, 1.165) is 6.42 Å². The lowest BCUT2D eigenvalue weighted by molar-refractivity contribution is 0.736. The van der Waals surface area contributed by atoms with Crippen LogP contribution in [0.25, 0.3) is 0 Å². The Morgan fingerprint density at radius 3 is 2.39 bits per heavy atom. The van der Waals surface area contributed by atoms with Gasteiger partial charge in [-0.1, -0.05) is 54.6 Å². The molecular formula is C16H21NSi. The lowest BCUT2D eigenvalue weighted by atomic mass is 9.76. The van der Waals surface area contributed by atoms with Crippen LogP contribution in [0.2, 0.25) is 19.6 Å². The van der Waals surface area contributed by atoms with Crippen LogP contribution in [0.5, 0.6) is 0 Å². The van der Waals surface area contributed by atoms with Crippen LogP contribution >= 0.6 is 0 Å². The standard InChI is InChI=1S/C16H21NSi/c1-18(2,3)17-14-16(12-8-5-9-13-16)15-10-6-4-7-11-15/h4-12,14H,13H2,1-3H3/b17-14-. The van der Waals surface area contributed by atoms with Crippen LogP contribution in [-0.4, -0.2) is 14.5 Å². The van der Waals surface area contributed by atoms with Crippen molar-refractivity contribution in [3.63, 3.8) is 0 Å². The zero-order valence-electron chi connectivity index (χ0n) is 11.4. The molecule has 1 aromatic rings. The van der Waals surface area contributed by atoms with E-state index in [9.17, 15) is 0 Å². The highest BCUT2D eigenvalue weighted by molar-refractivity contribution is 6.75. The Morgan fingerprint density at radius 2 is 1.83 bits per heavy atom. The highest BCUT2D eigenvalue weighted by Gasteiger charge is 2.28. The van der Waals surface area contributed by atoms with E-state index in [1.807, 2.05) is 0 Å². The fourth-order valence-electron chi connectivity index (χ4n) is 2.08. The minimum atomic E-state index is -1.41. The first kappa shape index (κ1) is 13.0. The Kier molecular flexibility index (Phi) is 3.67. The molecule has 1 unspecified atom stereocenters. The van der Waals surface area contributed by atoms with Crippen LogP contribution in [0.3, 0.4) is 0 Å². The average molecular weight is 255 g/mol. The van der Waals surface area contributed by atoms with Gasteiger partial charge < -0.3 is 4.66 Å². The van der Waals surface area contributed by atoms with Crippen molar-refractivity contribution in [1.82, 2.24) is 0 Å². The predicted octanol–water partition coefficient (Wildman–Crippen LogP) is 4.35. The number of hydrogen-bond acceptors (Lipinski definition) is 1. The summed E-state index contributed by atoms with van der Waals surface area (Å²) < 4.78 is 4.86. The molecule has 1 aliphatic carbocycles. The van der Waals surface area contributed by atoms with Gasteiger partial charge in [0, 0.05) is 6.21 Å². The molecule has 0 aliphatic heterocycles. The molecule has 1 aromatic carbocycles. The van der Waals surface area contributed by atoms with Crippen molar-refractivity contribution in [2.75, 3.05) is 0 Å². The van der Waals surface area contributed by atoms with Crippen molar-refractivity contribution in [3.8, 4) is 0 Å². The van der Waals surface area contributed by atoms with Crippen LogP contribution in [0.1, 0.15) is 12.0 Å². The molecule has 0 N–H and O–H groups in total. The second kappa shape index (κ2) is 5.07. The summed E-state index contributed by atoms with van der Waals surface area (Å²) in [4.78, 5) is 0. The number of allylic oxidation sites excluding steroid dienone is 4. The topological polar surface area (TPSA) is 12.4 Å². The fourth-order valence-corrected chi connectivity index (χ4v) is 2.70. The van der Waals surface area contributed by atoms with E-state index < -0.39 is 8.24 Å². The Hall–Kier alpha value is -1.41. The first-order chi connectivity index (χ1) is 8.52. The van der Waals surface area contributed by atoms with E-state index >= 15 is 0 Å². The third-order valence-corrected chi connectivity index (χ3v) is 3.99. The van der Waals surface area contributed by atoms with Crippen molar-refractivity contribution < 1.29 is 0 Å². The molecular weight excluding hydrogens is 234 g/mol. The van der Waals surface area contributed by atoms with Gasteiger partial charge in [-0.3, -0.25) is 0 Å². The molecule has 2 rings (SSSR count). The number of nitrogens with zero attached hydrogens (tertiary/aromatic N) is 1. The highest BCUT2D eigenvalue weighted by Crippen LogP contribution is 2.31. The molecule has 0 saturated heterocycles. The Balaban J connectivity index is 2.40. The van der Waals surface area contributed by atoms with Gasteiger partial charge in [0.25, 0.3) is 0 Å². The molecule has 0 bridgehead atoms. The highest BCUT2D eigenvalue weighted by atomic mass is 28.3. The summed E-state index contributed by atoms with van der Waals surface area (Å²) in [5.41, 5.74) is 1.28. The predicted molar refractivity (Wildman–Crippen MR) is 82.9 cm³/mol. The summed E-state index contributed by atoms with van der Waals surface area (Å²) in [6.45, 7) is 6.81. The first-order valence-corrected chi connectivity index (χ1v) is 9.93.